The number of aromatic amines is 1. The number of rotatable bonds is 7. The number of aliphatic hydroxyl groups excluding tert-OH is 1. The Bertz CT molecular complexity index is 1130. The van der Waals surface area contributed by atoms with Gasteiger partial charge >= 0.3 is 0 Å². The largest absolute Gasteiger partial charge is 0.506 e. The topological polar surface area (TPSA) is 85.3 Å². The van der Waals surface area contributed by atoms with Crippen molar-refractivity contribution in [3.63, 3.8) is 0 Å². The fourth-order valence-electron chi connectivity index (χ4n) is 3.89. The Morgan fingerprint density at radius 1 is 0.833 bits per heavy atom. The quantitative estimate of drug-likeness (QED) is 0.381. The molecular weight excluding hydrogens is 376 g/mol. The predicted octanol–water partition coefficient (Wildman–Crippen LogP) is 3.69. The summed E-state index contributed by atoms with van der Waals surface area (Å²) in [6.45, 7) is 0.500. The van der Waals surface area contributed by atoms with Crippen molar-refractivity contribution in [2.24, 2.45) is 0 Å². The summed E-state index contributed by atoms with van der Waals surface area (Å²) in [4.78, 5) is 14.4. The van der Waals surface area contributed by atoms with Crippen LogP contribution in [-0.4, -0.2) is 28.3 Å². The molecule has 1 aromatic heterocycles. The van der Waals surface area contributed by atoms with Gasteiger partial charge in [-0.1, -0.05) is 66.7 Å². The maximum Gasteiger partial charge on any atom is 0.248 e. The van der Waals surface area contributed by atoms with Gasteiger partial charge in [-0.05, 0) is 28.8 Å². The molecule has 0 radical (unpaired) electrons. The van der Waals surface area contributed by atoms with Gasteiger partial charge in [0.15, 0.2) is 0 Å². The first kappa shape index (κ1) is 19.9. The minimum atomic E-state index is -0.353. The van der Waals surface area contributed by atoms with Crippen LogP contribution in [0.15, 0.2) is 89.7 Å². The molecular formula is C25H24N2O3. The molecule has 1 unspecified atom stereocenters. The Kier molecular flexibility index (Phi) is 5.93. The van der Waals surface area contributed by atoms with Crippen molar-refractivity contribution in [2.75, 3.05) is 13.2 Å². The Labute approximate surface area is 174 Å². The lowest BCUT2D eigenvalue weighted by Gasteiger charge is -2.24. The lowest BCUT2D eigenvalue weighted by molar-refractivity contribution is 0.244. The van der Waals surface area contributed by atoms with Crippen LogP contribution in [0.2, 0.25) is 0 Å². The van der Waals surface area contributed by atoms with E-state index < -0.39 is 0 Å². The van der Waals surface area contributed by atoms with Gasteiger partial charge in [0.1, 0.15) is 5.75 Å². The van der Waals surface area contributed by atoms with Gasteiger partial charge in [0.05, 0.1) is 18.2 Å². The van der Waals surface area contributed by atoms with E-state index in [1.54, 1.807) is 18.2 Å². The highest BCUT2D eigenvalue weighted by Crippen LogP contribution is 2.30. The summed E-state index contributed by atoms with van der Waals surface area (Å²) < 4.78 is 0. The molecule has 0 spiro atoms. The number of phenolic OH excluding ortho intramolecular Hbond substituents is 1. The molecule has 4 aromatic rings. The van der Waals surface area contributed by atoms with E-state index in [0.29, 0.717) is 17.4 Å². The number of nitrogens with one attached hydrogen (secondary N) is 2. The second-order valence-corrected chi connectivity index (χ2v) is 7.30. The average molecular weight is 400 g/mol. The molecule has 1 atom stereocenters. The predicted molar refractivity (Wildman–Crippen MR) is 119 cm³/mol. The number of aromatic hydroxyl groups is 1. The summed E-state index contributed by atoms with van der Waals surface area (Å²) in [5.74, 6) is 0.124. The fraction of sp³-hybridized carbons (Fsp3) is 0.160. The molecule has 3 aromatic carbocycles. The van der Waals surface area contributed by atoms with Crippen LogP contribution in [0.1, 0.15) is 28.7 Å². The smallest absolute Gasteiger partial charge is 0.248 e. The third-order valence-corrected chi connectivity index (χ3v) is 5.44. The molecule has 0 saturated carbocycles. The van der Waals surface area contributed by atoms with Crippen molar-refractivity contribution in [3.8, 4) is 5.75 Å². The number of hydrogen-bond donors (Lipinski definition) is 4. The van der Waals surface area contributed by atoms with E-state index in [9.17, 15) is 15.0 Å². The van der Waals surface area contributed by atoms with E-state index >= 15 is 0 Å². The minimum Gasteiger partial charge on any atom is -0.506 e. The number of hydrogen-bond acceptors (Lipinski definition) is 4. The van der Waals surface area contributed by atoms with Gasteiger partial charge in [0.2, 0.25) is 5.56 Å². The first-order valence-corrected chi connectivity index (χ1v) is 9.96. The molecule has 0 aliphatic rings. The van der Waals surface area contributed by atoms with Crippen LogP contribution in [0.25, 0.3) is 10.9 Å². The third-order valence-electron chi connectivity index (χ3n) is 5.44. The van der Waals surface area contributed by atoms with Crippen LogP contribution < -0.4 is 10.9 Å². The molecule has 30 heavy (non-hydrogen) atoms. The molecule has 4 rings (SSSR count). The zero-order chi connectivity index (χ0) is 20.9. The second-order valence-electron chi connectivity index (χ2n) is 7.30. The monoisotopic (exact) mass is 400 g/mol. The van der Waals surface area contributed by atoms with E-state index in [4.69, 9.17) is 0 Å². The van der Waals surface area contributed by atoms with Crippen molar-refractivity contribution < 1.29 is 10.2 Å². The minimum absolute atomic E-state index is 0.00888. The molecule has 152 valence electrons. The van der Waals surface area contributed by atoms with Gasteiger partial charge in [-0.15, -0.1) is 0 Å². The first-order valence-electron chi connectivity index (χ1n) is 9.96. The van der Waals surface area contributed by atoms with E-state index in [-0.39, 0.29) is 29.9 Å². The van der Waals surface area contributed by atoms with E-state index in [1.807, 2.05) is 36.4 Å². The summed E-state index contributed by atoms with van der Waals surface area (Å²) in [5, 5.41) is 24.4. The number of aromatic nitrogens is 1. The third kappa shape index (κ3) is 4.13. The first-order chi connectivity index (χ1) is 14.7. The number of aliphatic hydroxyl groups is 1. The van der Waals surface area contributed by atoms with E-state index in [0.717, 1.165) is 5.56 Å². The maximum absolute atomic E-state index is 11.7. The van der Waals surface area contributed by atoms with Crippen LogP contribution in [0.3, 0.4) is 0 Å². The summed E-state index contributed by atoms with van der Waals surface area (Å²) in [7, 11) is 0. The van der Waals surface area contributed by atoms with Gasteiger partial charge in [-0.25, -0.2) is 0 Å². The maximum atomic E-state index is 11.7. The molecule has 5 nitrogen and oxygen atoms in total. The number of pyridine rings is 1. The molecule has 0 aliphatic heterocycles. The van der Waals surface area contributed by atoms with Crippen molar-refractivity contribution in [3.05, 3.63) is 112 Å². The molecule has 0 amide bonds. The molecule has 1 heterocycles. The number of H-pyrrole nitrogens is 1. The summed E-state index contributed by atoms with van der Waals surface area (Å²) >= 11 is 0. The molecule has 5 heteroatoms. The van der Waals surface area contributed by atoms with E-state index in [2.05, 4.69) is 34.6 Å². The molecule has 0 fully saturated rings. The van der Waals surface area contributed by atoms with Crippen LogP contribution in [0, 0.1) is 0 Å². The van der Waals surface area contributed by atoms with Crippen LogP contribution >= 0.6 is 0 Å². The van der Waals surface area contributed by atoms with Crippen molar-refractivity contribution in [2.45, 2.75) is 12.0 Å². The Hall–Kier alpha value is -3.41. The van der Waals surface area contributed by atoms with Gasteiger partial charge < -0.3 is 20.5 Å². The summed E-state index contributed by atoms with van der Waals surface area (Å²) in [5.41, 5.74) is 3.29. The normalized spacial score (nSPS) is 12.3. The van der Waals surface area contributed by atoms with Crippen LogP contribution in [0.4, 0.5) is 0 Å². The highest BCUT2D eigenvalue weighted by molar-refractivity contribution is 5.87. The molecule has 4 N–H and O–H groups in total. The van der Waals surface area contributed by atoms with Gasteiger partial charge in [-0.3, -0.25) is 4.79 Å². The average Bonchev–Trinajstić information content (AvgIpc) is 2.79. The summed E-state index contributed by atoms with van der Waals surface area (Å²) in [6.07, 6.45) is 0. The van der Waals surface area contributed by atoms with Gasteiger partial charge in [-0.2, -0.15) is 0 Å². The fourth-order valence-corrected chi connectivity index (χ4v) is 3.89. The standard InChI is InChI=1S/C25H24N2O3/c28-16-22(19-11-13-23(29)25-20(19)12-14-24(30)27-25)26-15-21(17-7-3-1-4-8-17)18-9-5-2-6-10-18/h1-14,21-22,26,28-29H,15-16H2,(H,27,30). The van der Waals surface area contributed by atoms with E-state index in [1.165, 1.54) is 17.2 Å². The Morgan fingerprint density at radius 3 is 2.07 bits per heavy atom. The Morgan fingerprint density at radius 2 is 1.47 bits per heavy atom. The number of benzene rings is 3. The zero-order valence-electron chi connectivity index (χ0n) is 16.5. The highest BCUT2D eigenvalue weighted by atomic mass is 16.3. The zero-order valence-corrected chi connectivity index (χ0v) is 16.5. The van der Waals surface area contributed by atoms with Gasteiger partial charge in [0, 0.05) is 23.9 Å². The van der Waals surface area contributed by atoms with Crippen LogP contribution in [-0.2, 0) is 0 Å². The lowest BCUT2D eigenvalue weighted by Crippen LogP contribution is -2.29. The molecule has 0 bridgehead atoms. The summed E-state index contributed by atoms with van der Waals surface area (Å²) in [6, 6.07) is 26.6. The molecule has 0 saturated heterocycles. The molecule has 0 aliphatic carbocycles. The van der Waals surface area contributed by atoms with Crippen molar-refractivity contribution in [1.82, 2.24) is 10.3 Å². The lowest BCUT2D eigenvalue weighted by atomic mass is 9.90. The Balaban J connectivity index is 1.66. The number of fused-ring (bicyclic) bond motifs is 1. The number of phenols is 1. The second kappa shape index (κ2) is 8.95. The van der Waals surface area contributed by atoms with Crippen molar-refractivity contribution >= 4 is 10.9 Å². The highest BCUT2D eigenvalue weighted by Gasteiger charge is 2.19. The van der Waals surface area contributed by atoms with Gasteiger partial charge in [0.25, 0.3) is 0 Å². The van der Waals surface area contributed by atoms with Crippen LogP contribution in [0.5, 0.6) is 5.75 Å². The van der Waals surface area contributed by atoms with Crippen molar-refractivity contribution in [1.29, 1.82) is 0 Å². The SMILES string of the molecule is O=c1ccc2c(C(CO)NCC(c3ccccc3)c3ccccc3)ccc(O)c2[nH]1.